The van der Waals surface area contributed by atoms with Crippen LogP contribution < -0.4 is 14.2 Å². The van der Waals surface area contributed by atoms with Crippen LogP contribution in [0.25, 0.3) is 0 Å². The average Bonchev–Trinajstić information content (AvgIpc) is 2.64. The van der Waals surface area contributed by atoms with Gasteiger partial charge < -0.3 is 19.3 Å². The van der Waals surface area contributed by atoms with Gasteiger partial charge in [0, 0.05) is 0 Å². The lowest BCUT2D eigenvalue weighted by Crippen LogP contribution is -2.56. The molecule has 1 N–H and O–H groups in total. The van der Waals surface area contributed by atoms with Crippen LogP contribution in [0.15, 0.2) is 91.0 Å². The van der Waals surface area contributed by atoms with Gasteiger partial charge in [-0.15, -0.1) is 0 Å². The van der Waals surface area contributed by atoms with E-state index >= 15 is 0 Å². The quantitative estimate of drug-likeness (QED) is 0.655. The lowest BCUT2D eigenvalue weighted by Gasteiger charge is -2.35. The summed E-state index contributed by atoms with van der Waals surface area (Å²) in [5.41, 5.74) is 0. The third kappa shape index (κ3) is 4.31. The first-order valence-corrected chi connectivity index (χ1v) is 8.08. The molecule has 1 atom stereocenters. The summed E-state index contributed by atoms with van der Waals surface area (Å²) in [5.74, 6) is -0.162. The van der Waals surface area contributed by atoms with Crippen LogP contribution in [0.3, 0.4) is 0 Å². The van der Waals surface area contributed by atoms with Crippen molar-refractivity contribution in [1.29, 1.82) is 0 Å². The predicted octanol–water partition coefficient (Wildman–Crippen LogP) is 4.26. The molecule has 0 aliphatic carbocycles. The number of hydrogen-bond donors (Lipinski definition) is 1. The van der Waals surface area contributed by atoms with E-state index in [1.165, 1.54) is 0 Å². The Morgan fingerprint density at radius 1 is 0.600 bits per heavy atom. The van der Waals surface area contributed by atoms with E-state index in [0.717, 1.165) is 0 Å². The molecule has 25 heavy (non-hydrogen) atoms. The smallest absolute Gasteiger partial charge is 0.419 e. The summed E-state index contributed by atoms with van der Waals surface area (Å²) in [4.78, 5) is 0. The highest BCUT2D eigenvalue weighted by Crippen LogP contribution is 2.29. The van der Waals surface area contributed by atoms with Crippen molar-refractivity contribution in [3.8, 4) is 17.2 Å². The molecule has 0 heterocycles. The van der Waals surface area contributed by atoms with Crippen LogP contribution in [0, 0.1) is 0 Å². The molecule has 4 nitrogen and oxygen atoms in total. The fraction of sp³-hybridized carbons (Fsp3) is 0.143. The van der Waals surface area contributed by atoms with Gasteiger partial charge in [0.2, 0.25) is 0 Å². The van der Waals surface area contributed by atoms with Crippen LogP contribution in [-0.2, 0) is 0 Å². The maximum absolute atomic E-state index is 10.5. The third-order valence-corrected chi connectivity index (χ3v) is 3.52. The van der Waals surface area contributed by atoms with Crippen LogP contribution in [-0.4, -0.2) is 17.2 Å². The van der Waals surface area contributed by atoms with Gasteiger partial charge in [0.1, 0.15) is 17.2 Å². The monoisotopic (exact) mass is 336 g/mol. The molecule has 1 unspecified atom stereocenters. The zero-order chi connectivity index (χ0) is 17.5. The van der Waals surface area contributed by atoms with E-state index < -0.39 is 12.1 Å². The molecule has 3 aromatic carbocycles. The summed E-state index contributed by atoms with van der Waals surface area (Å²) in [6.45, 7) is 1.56. The first-order valence-electron chi connectivity index (χ1n) is 8.08. The van der Waals surface area contributed by atoms with Crippen LogP contribution >= 0.6 is 0 Å². The summed E-state index contributed by atoms with van der Waals surface area (Å²) < 4.78 is 17.9. The molecule has 0 saturated carbocycles. The molecule has 128 valence electrons. The number of hydrogen-bond acceptors (Lipinski definition) is 4. The van der Waals surface area contributed by atoms with Crippen molar-refractivity contribution in [1.82, 2.24) is 0 Å². The molecule has 0 saturated heterocycles. The summed E-state index contributed by atoms with van der Waals surface area (Å²) in [5, 5.41) is 10.5. The van der Waals surface area contributed by atoms with Crippen molar-refractivity contribution < 1.29 is 19.3 Å². The molecule has 0 aromatic heterocycles. The molecule has 0 fully saturated rings. The van der Waals surface area contributed by atoms with Crippen molar-refractivity contribution >= 4 is 0 Å². The minimum absolute atomic E-state index is 0.523. The molecule has 0 aliphatic rings. The normalized spacial score (nSPS) is 12.2. The summed E-state index contributed by atoms with van der Waals surface area (Å²) >= 11 is 0. The van der Waals surface area contributed by atoms with Crippen molar-refractivity contribution in [3.63, 3.8) is 0 Å². The molecule has 3 aromatic rings. The van der Waals surface area contributed by atoms with Crippen LogP contribution in [0.2, 0.25) is 0 Å². The number of aliphatic hydroxyl groups excluding tert-OH is 1. The Bertz CT molecular complexity index is 656. The first-order chi connectivity index (χ1) is 12.2. The second-order valence-electron chi connectivity index (χ2n) is 5.52. The number of aliphatic hydroxyl groups is 1. The Morgan fingerprint density at radius 3 is 1.12 bits per heavy atom. The largest absolute Gasteiger partial charge is 0.444 e. The van der Waals surface area contributed by atoms with Gasteiger partial charge in [-0.05, 0) is 43.3 Å². The second kappa shape index (κ2) is 7.73. The molecule has 3 rings (SSSR count). The zero-order valence-electron chi connectivity index (χ0n) is 13.9. The van der Waals surface area contributed by atoms with E-state index in [2.05, 4.69) is 0 Å². The first kappa shape index (κ1) is 16.9. The van der Waals surface area contributed by atoms with Crippen LogP contribution in [0.5, 0.6) is 17.2 Å². The van der Waals surface area contributed by atoms with Crippen molar-refractivity contribution in [3.05, 3.63) is 91.0 Å². The van der Waals surface area contributed by atoms with Gasteiger partial charge in [-0.1, -0.05) is 54.6 Å². The Kier molecular flexibility index (Phi) is 5.21. The van der Waals surface area contributed by atoms with Gasteiger partial charge in [-0.25, -0.2) is 0 Å². The maximum Gasteiger partial charge on any atom is 0.444 e. The highest BCUT2D eigenvalue weighted by Gasteiger charge is 2.44. The van der Waals surface area contributed by atoms with E-state index in [1.807, 2.05) is 54.6 Å². The van der Waals surface area contributed by atoms with E-state index in [0.29, 0.717) is 17.2 Å². The van der Waals surface area contributed by atoms with Gasteiger partial charge in [0.15, 0.2) is 6.10 Å². The van der Waals surface area contributed by atoms with Gasteiger partial charge in [-0.2, -0.15) is 0 Å². The van der Waals surface area contributed by atoms with Crippen LogP contribution in [0.1, 0.15) is 6.92 Å². The number of rotatable bonds is 7. The Balaban J connectivity index is 1.97. The van der Waals surface area contributed by atoms with Gasteiger partial charge in [0.25, 0.3) is 0 Å². The Hall–Kier alpha value is -2.98. The standard InChI is InChI=1S/C21H20O4/c1-17(22)21(23-18-11-5-2-6-12-18,24-19-13-7-3-8-14-19)25-20-15-9-4-10-16-20/h2-17,22H,1H3. The molecule has 0 radical (unpaired) electrons. The van der Waals surface area contributed by atoms with Crippen molar-refractivity contribution in [2.75, 3.05) is 0 Å². The van der Waals surface area contributed by atoms with Crippen LogP contribution in [0.4, 0.5) is 0 Å². The van der Waals surface area contributed by atoms with Gasteiger partial charge >= 0.3 is 5.97 Å². The van der Waals surface area contributed by atoms with E-state index in [4.69, 9.17) is 14.2 Å². The minimum Gasteiger partial charge on any atom is -0.419 e. The maximum atomic E-state index is 10.5. The van der Waals surface area contributed by atoms with Crippen molar-refractivity contribution in [2.24, 2.45) is 0 Å². The summed E-state index contributed by atoms with van der Waals surface area (Å²) in [6.07, 6.45) is -1.08. The number of para-hydroxylation sites is 3. The molecular weight excluding hydrogens is 316 g/mol. The fourth-order valence-corrected chi connectivity index (χ4v) is 2.28. The molecule has 0 amide bonds. The Morgan fingerprint density at radius 2 is 0.880 bits per heavy atom. The highest BCUT2D eigenvalue weighted by atomic mass is 16.9. The molecule has 0 aliphatic heterocycles. The van der Waals surface area contributed by atoms with E-state index in [-0.39, 0.29) is 0 Å². The van der Waals surface area contributed by atoms with Gasteiger partial charge in [0.05, 0.1) is 0 Å². The third-order valence-electron chi connectivity index (χ3n) is 3.52. The second-order valence-corrected chi connectivity index (χ2v) is 5.52. The minimum atomic E-state index is -1.73. The van der Waals surface area contributed by atoms with E-state index in [9.17, 15) is 5.11 Å². The Labute approximate surface area is 147 Å². The summed E-state index contributed by atoms with van der Waals surface area (Å²) in [7, 11) is 0. The number of ether oxygens (including phenoxy) is 3. The molecule has 0 spiro atoms. The predicted molar refractivity (Wildman–Crippen MR) is 95.6 cm³/mol. The molecular formula is C21H20O4. The zero-order valence-corrected chi connectivity index (χ0v) is 13.9. The van der Waals surface area contributed by atoms with E-state index in [1.54, 1.807) is 43.3 Å². The fourth-order valence-electron chi connectivity index (χ4n) is 2.28. The lowest BCUT2D eigenvalue weighted by atomic mass is 10.3. The molecule has 4 heteroatoms. The molecule has 0 bridgehead atoms. The topological polar surface area (TPSA) is 47.9 Å². The van der Waals surface area contributed by atoms with Crippen molar-refractivity contribution in [2.45, 2.75) is 19.0 Å². The van der Waals surface area contributed by atoms with Gasteiger partial charge in [-0.3, -0.25) is 0 Å². The average molecular weight is 336 g/mol. The summed E-state index contributed by atoms with van der Waals surface area (Å²) in [6, 6.07) is 27.4. The SMILES string of the molecule is CC(O)C(Oc1ccccc1)(Oc1ccccc1)Oc1ccccc1. The highest BCUT2D eigenvalue weighted by molar-refractivity contribution is 5.26. The number of benzene rings is 3. The lowest BCUT2D eigenvalue weighted by molar-refractivity contribution is -0.297.